The van der Waals surface area contributed by atoms with E-state index in [1.807, 2.05) is 24.3 Å². The Morgan fingerprint density at radius 1 is 1.22 bits per heavy atom. The summed E-state index contributed by atoms with van der Waals surface area (Å²) in [6.45, 7) is 5.93. The van der Waals surface area contributed by atoms with Gasteiger partial charge in [0.05, 0.1) is 6.20 Å². The van der Waals surface area contributed by atoms with E-state index in [1.165, 1.54) is 37.7 Å². The summed E-state index contributed by atoms with van der Waals surface area (Å²) in [5.74, 6) is 0.484. The highest BCUT2D eigenvalue weighted by molar-refractivity contribution is 7.99. The zero-order valence-electron chi connectivity index (χ0n) is 15.5. The number of hydrogen-bond acceptors (Lipinski definition) is 6. The van der Waals surface area contributed by atoms with Crippen molar-refractivity contribution in [3.05, 3.63) is 41.9 Å². The molecule has 3 aliphatic rings. The van der Waals surface area contributed by atoms with Gasteiger partial charge in [0.1, 0.15) is 0 Å². The molecule has 1 N–H and O–H groups in total. The van der Waals surface area contributed by atoms with Gasteiger partial charge in [-0.1, -0.05) is 11.8 Å². The standard InChI is InChI=1S/C20H23N3O3S/c1-12-18(14-7-9-23(12)10-8-14)22-19(25)15-3-5-16(6-4-15)27-17-11-21-20(26-17)13(2)24/h3-6,11-12,14,18H,7-10H2,1-2H3,(H,22,25). The molecular formula is C20H23N3O3S. The topological polar surface area (TPSA) is 75.4 Å². The summed E-state index contributed by atoms with van der Waals surface area (Å²) in [6.07, 6.45) is 3.88. The lowest BCUT2D eigenvalue weighted by molar-refractivity contribution is 0.0217. The fraction of sp³-hybridized carbons (Fsp3) is 0.450. The number of ketones is 1. The summed E-state index contributed by atoms with van der Waals surface area (Å²) < 4.78 is 5.39. The maximum atomic E-state index is 12.7. The molecule has 1 aromatic heterocycles. The smallest absolute Gasteiger partial charge is 0.263 e. The van der Waals surface area contributed by atoms with Crippen LogP contribution in [-0.4, -0.2) is 46.7 Å². The normalized spacial score (nSPS) is 26.7. The molecule has 1 aromatic carbocycles. The Bertz CT molecular complexity index is 838. The average molecular weight is 385 g/mol. The average Bonchev–Trinajstić information content (AvgIpc) is 3.14. The van der Waals surface area contributed by atoms with E-state index in [1.54, 1.807) is 0 Å². The first-order valence-electron chi connectivity index (χ1n) is 9.31. The van der Waals surface area contributed by atoms with Gasteiger partial charge in [-0.2, -0.15) is 0 Å². The Morgan fingerprint density at radius 3 is 2.52 bits per heavy atom. The zero-order chi connectivity index (χ0) is 19.0. The molecule has 3 saturated heterocycles. The van der Waals surface area contributed by atoms with Crippen molar-refractivity contribution in [1.29, 1.82) is 0 Å². The van der Waals surface area contributed by atoms with Crippen molar-refractivity contribution in [1.82, 2.24) is 15.2 Å². The number of fused-ring (bicyclic) bond motifs is 3. The van der Waals surface area contributed by atoms with Gasteiger partial charge < -0.3 is 9.73 Å². The van der Waals surface area contributed by atoms with E-state index in [9.17, 15) is 9.59 Å². The van der Waals surface area contributed by atoms with Gasteiger partial charge in [-0.05, 0) is 63.0 Å². The fourth-order valence-electron chi connectivity index (χ4n) is 4.04. The maximum Gasteiger partial charge on any atom is 0.263 e. The Balaban J connectivity index is 1.39. The summed E-state index contributed by atoms with van der Waals surface area (Å²) in [6, 6.07) is 8.05. The van der Waals surface area contributed by atoms with Gasteiger partial charge in [-0.15, -0.1) is 0 Å². The van der Waals surface area contributed by atoms with Crippen LogP contribution in [0.4, 0.5) is 0 Å². The van der Waals surface area contributed by atoms with Crippen LogP contribution in [0.2, 0.25) is 0 Å². The van der Waals surface area contributed by atoms with E-state index in [0.29, 0.717) is 22.6 Å². The van der Waals surface area contributed by atoms with Crippen LogP contribution in [0.15, 0.2) is 44.9 Å². The highest BCUT2D eigenvalue weighted by atomic mass is 32.2. The zero-order valence-corrected chi connectivity index (χ0v) is 16.3. The molecule has 6 nitrogen and oxygen atoms in total. The molecule has 4 heterocycles. The first-order chi connectivity index (χ1) is 13.0. The molecule has 1 amide bonds. The number of carbonyl (C=O) groups is 2. The minimum atomic E-state index is -0.198. The molecule has 0 aliphatic carbocycles. The van der Waals surface area contributed by atoms with Crippen molar-refractivity contribution in [3.8, 4) is 0 Å². The quantitative estimate of drug-likeness (QED) is 0.797. The Labute approximate surface area is 162 Å². The van der Waals surface area contributed by atoms with Crippen LogP contribution in [0.1, 0.15) is 47.7 Å². The molecule has 5 rings (SSSR count). The lowest BCUT2D eigenvalue weighted by Crippen LogP contribution is -2.62. The van der Waals surface area contributed by atoms with E-state index in [-0.39, 0.29) is 23.6 Å². The van der Waals surface area contributed by atoms with E-state index < -0.39 is 0 Å². The monoisotopic (exact) mass is 385 g/mol. The molecule has 2 bridgehead atoms. The summed E-state index contributed by atoms with van der Waals surface area (Å²) in [5.41, 5.74) is 0.657. The Hall–Kier alpha value is -2.12. The lowest BCUT2D eigenvalue weighted by Gasteiger charge is -2.49. The van der Waals surface area contributed by atoms with E-state index in [2.05, 4.69) is 22.1 Å². The van der Waals surface area contributed by atoms with Gasteiger partial charge >= 0.3 is 0 Å². The van der Waals surface area contributed by atoms with Crippen LogP contribution in [0.3, 0.4) is 0 Å². The molecule has 2 atom stereocenters. The van der Waals surface area contributed by atoms with Gasteiger partial charge in [0.25, 0.3) is 11.8 Å². The number of rotatable bonds is 5. The molecule has 2 unspecified atom stereocenters. The molecule has 0 radical (unpaired) electrons. The molecule has 7 heteroatoms. The van der Waals surface area contributed by atoms with Crippen molar-refractivity contribution < 1.29 is 14.0 Å². The third kappa shape index (κ3) is 3.80. The molecule has 142 valence electrons. The Kier molecular flexibility index (Phi) is 5.06. The van der Waals surface area contributed by atoms with Crippen molar-refractivity contribution in [2.45, 2.75) is 48.8 Å². The number of oxazole rings is 1. The molecule has 2 aromatic rings. The highest BCUT2D eigenvalue weighted by Gasteiger charge is 2.40. The molecular weight excluding hydrogens is 362 g/mol. The van der Waals surface area contributed by atoms with Crippen LogP contribution in [0.5, 0.6) is 0 Å². The van der Waals surface area contributed by atoms with Crippen LogP contribution in [-0.2, 0) is 0 Å². The predicted molar refractivity (Wildman–Crippen MR) is 102 cm³/mol. The Morgan fingerprint density at radius 2 is 1.93 bits per heavy atom. The molecule has 0 spiro atoms. The van der Waals surface area contributed by atoms with Gasteiger partial charge in [-0.3, -0.25) is 14.5 Å². The maximum absolute atomic E-state index is 12.7. The largest absolute Gasteiger partial charge is 0.427 e. The molecule has 27 heavy (non-hydrogen) atoms. The number of nitrogens with one attached hydrogen (secondary N) is 1. The second-order valence-electron chi connectivity index (χ2n) is 7.28. The fourth-order valence-corrected chi connectivity index (χ4v) is 4.77. The highest BCUT2D eigenvalue weighted by Crippen LogP contribution is 2.32. The first kappa shape index (κ1) is 18.3. The van der Waals surface area contributed by atoms with Crippen LogP contribution < -0.4 is 5.32 Å². The van der Waals surface area contributed by atoms with Crippen molar-refractivity contribution in [3.63, 3.8) is 0 Å². The van der Waals surface area contributed by atoms with Gasteiger partial charge in [0.2, 0.25) is 5.78 Å². The van der Waals surface area contributed by atoms with Gasteiger partial charge in [0.15, 0.2) is 5.09 Å². The second kappa shape index (κ2) is 7.48. The second-order valence-corrected chi connectivity index (χ2v) is 8.36. The first-order valence-corrected chi connectivity index (χ1v) is 10.1. The summed E-state index contributed by atoms with van der Waals surface area (Å²) in [7, 11) is 0. The minimum absolute atomic E-state index is 0.0179. The van der Waals surface area contributed by atoms with Crippen LogP contribution >= 0.6 is 11.8 Å². The summed E-state index contributed by atoms with van der Waals surface area (Å²) in [5, 5.41) is 3.80. The van der Waals surface area contributed by atoms with E-state index >= 15 is 0 Å². The van der Waals surface area contributed by atoms with Gasteiger partial charge in [0, 0.05) is 29.5 Å². The number of benzene rings is 1. The molecule has 3 fully saturated rings. The molecule has 3 aliphatic heterocycles. The number of Topliss-reactive ketones (excluding diaryl/α,β-unsaturated/α-hetero) is 1. The predicted octanol–water partition coefficient (Wildman–Crippen LogP) is 3.24. The third-order valence-electron chi connectivity index (χ3n) is 5.60. The van der Waals surface area contributed by atoms with Crippen molar-refractivity contribution in [2.75, 3.05) is 13.1 Å². The number of amides is 1. The number of nitrogens with zero attached hydrogens (tertiary/aromatic N) is 2. The number of carbonyl (C=O) groups excluding carboxylic acids is 2. The number of aromatic nitrogens is 1. The molecule has 0 saturated carbocycles. The number of hydrogen-bond donors (Lipinski definition) is 1. The lowest BCUT2D eigenvalue weighted by atomic mass is 9.79. The summed E-state index contributed by atoms with van der Waals surface area (Å²) >= 11 is 1.37. The van der Waals surface area contributed by atoms with E-state index in [4.69, 9.17) is 4.42 Å². The van der Waals surface area contributed by atoms with Gasteiger partial charge in [-0.25, -0.2) is 4.98 Å². The van der Waals surface area contributed by atoms with E-state index in [0.717, 1.165) is 18.0 Å². The minimum Gasteiger partial charge on any atom is -0.427 e. The van der Waals surface area contributed by atoms with Crippen LogP contribution in [0.25, 0.3) is 0 Å². The summed E-state index contributed by atoms with van der Waals surface area (Å²) in [4.78, 5) is 31.3. The van der Waals surface area contributed by atoms with Crippen LogP contribution in [0, 0.1) is 5.92 Å². The van der Waals surface area contributed by atoms with Crippen molar-refractivity contribution in [2.24, 2.45) is 5.92 Å². The third-order valence-corrected chi connectivity index (χ3v) is 6.49. The van der Waals surface area contributed by atoms with Crippen molar-refractivity contribution >= 4 is 23.5 Å². The SMILES string of the molecule is CC(=O)c1ncc(Sc2ccc(C(=O)NC3C4CCN(CC4)C3C)cc2)o1. The number of piperidine rings is 3.